The standard InChI is InChI=1S/C20H19NO5/c1-11-15-9-14(23-3)5-7-16(15)26-19(11)20(22)21-12(2)13-4-6-17-18(8-13)25-10-24-17/h4-9,12H,10H2,1-3H3,(H,21,22). The van der Waals surface area contributed by atoms with E-state index < -0.39 is 0 Å². The van der Waals surface area contributed by atoms with Gasteiger partial charge in [-0.1, -0.05) is 6.07 Å². The van der Waals surface area contributed by atoms with Gasteiger partial charge in [-0.05, 0) is 49.7 Å². The molecule has 0 radical (unpaired) electrons. The molecule has 1 unspecified atom stereocenters. The normalized spacial score (nSPS) is 13.7. The zero-order valence-electron chi connectivity index (χ0n) is 14.8. The minimum absolute atomic E-state index is 0.209. The molecule has 1 amide bonds. The number of ether oxygens (including phenoxy) is 3. The highest BCUT2D eigenvalue weighted by molar-refractivity contribution is 5.99. The molecule has 3 aromatic rings. The van der Waals surface area contributed by atoms with Gasteiger partial charge in [-0.2, -0.15) is 0 Å². The third kappa shape index (κ3) is 2.73. The summed E-state index contributed by atoms with van der Waals surface area (Å²) in [6.07, 6.45) is 0. The zero-order chi connectivity index (χ0) is 18.3. The van der Waals surface area contributed by atoms with Crippen LogP contribution in [0.5, 0.6) is 17.2 Å². The van der Waals surface area contributed by atoms with E-state index in [2.05, 4.69) is 5.32 Å². The maximum absolute atomic E-state index is 12.7. The number of furan rings is 1. The maximum Gasteiger partial charge on any atom is 0.287 e. The molecule has 0 fully saturated rings. The lowest BCUT2D eigenvalue weighted by atomic mass is 10.1. The van der Waals surface area contributed by atoms with E-state index in [1.54, 1.807) is 13.2 Å². The second-order valence-electron chi connectivity index (χ2n) is 6.23. The van der Waals surface area contributed by atoms with Gasteiger partial charge in [0.05, 0.1) is 13.2 Å². The lowest BCUT2D eigenvalue weighted by molar-refractivity contribution is 0.0913. The number of carbonyl (C=O) groups is 1. The molecule has 2 aromatic carbocycles. The van der Waals surface area contributed by atoms with Crippen molar-refractivity contribution in [3.05, 3.63) is 53.3 Å². The molecule has 26 heavy (non-hydrogen) atoms. The summed E-state index contributed by atoms with van der Waals surface area (Å²) in [7, 11) is 1.61. The van der Waals surface area contributed by atoms with Gasteiger partial charge >= 0.3 is 0 Å². The summed E-state index contributed by atoms with van der Waals surface area (Å²) >= 11 is 0. The van der Waals surface area contributed by atoms with Crippen molar-refractivity contribution >= 4 is 16.9 Å². The fourth-order valence-corrected chi connectivity index (χ4v) is 3.07. The van der Waals surface area contributed by atoms with Gasteiger partial charge in [-0.25, -0.2) is 0 Å². The predicted octanol–water partition coefficient (Wildman–Crippen LogP) is 3.97. The molecule has 1 N–H and O–H groups in total. The highest BCUT2D eigenvalue weighted by Gasteiger charge is 2.21. The number of fused-ring (bicyclic) bond motifs is 2. The molecule has 1 atom stereocenters. The number of hydrogen-bond donors (Lipinski definition) is 1. The molecule has 1 aliphatic heterocycles. The summed E-state index contributed by atoms with van der Waals surface area (Å²) in [6.45, 7) is 4.00. The first kappa shape index (κ1) is 16.3. The van der Waals surface area contributed by atoms with Crippen molar-refractivity contribution in [2.45, 2.75) is 19.9 Å². The summed E-state index contributed by atoms with van der Waals surface area (Å²) in [5, 5.41) is 3.84. The Labute approximate surface area is 150 Å². The molecule has 1 aliphatic rings. The molecule has 0 saturated carbocycles. The van der Waals surface area contributed by atoms with Crippen LogP contribution in [0.2, 0.25) is 0 Å². The minimum atomic E-state index is -0.261. The van der Waals surface area contributed by atoms with E-state index in [1.165, 1.54) is 0 Å². The van der Waals surface area contributed by atoms with Crippen LogP contribution in [0.4, 0.5) is 0 Å². The smallest absolute Gasteiger partial charge is 0.287 e. The number of benzene rings is 2. The van der Waals surface area contributed by atoms with Gasteiger partial charge in [0.25, 0.3) is 5.91 Å². The van der Waals surface area contributed by atoms with Gasteiger partial charge in [0, 0.05) is 10.9 Å². The largest absolute Gasteiger partial charge is 0.497 e. The van der Waals surface area contributed by atoms with Crippen molar-refractivity contribution < 1.29 is 23.4 Å². The Morgan fingerprint density at radius 1 is 1.15 bits per heavy atom. The van der Waals surface area contributed by atoms with Crippen LogP contribution in [0, 0.1) is 6.92 Å². The number of methoxy groups -OCH3 is 1. The summed E-state index contributed by atoms with van der Waals surface area (Å²) < 4.78 is 21.7. The third-order valence-corrected chi connectivity index (χ3v) is 4.59. The Balaban J connectivity index is 1.58. The van der Waals surface area contributed by atoms with E-state index in [-0.39, 0.29) is 18.7 Å². The lowest BCUT2D eigenvalue weighted by Gasteiger charge is -2.14. The first-order valence-corrected chi connectivity index (χ1v) is 8.34. The SMILES string of the molecule is COc1ccc2oc(C(=O)NC(C)c3ccc4c(c3)OCO4)c(C)c2c1. The molecule has 2 heterocycles. The van der Waals surface area contributed by atoms with Gasteiger partial charge in [-0.15, -0.1) is 0 Å². The van der Waals surface area contributed by atoms with E-state index >= 15 is 0 Å². The van der Waals surface area contributed by atoms with E-state index in [1.807, 2.05) is 44.2 Å². The molecule has 6 heteroatoms. The molecule has 0 aliphatic carbocycles. The number of nitrogens with one attached hydrogen (secondary N) is 1. The fourth-order valence-electron chi connectivity index (χ4n) is 3.07. The van der Waals surface area contributed by atoms with Crippen molar-refractivity contribution in [3.63, 3.8) is 0 Å². The molecule has 0 saturated heterocycles. The van der Waals surface area contributed by atoms with Crippen molar-refractivity contribution in [1.82, 2.24) is 5.32 Å². The van der Waals surface area contributed by atoms with Crippen LogP contribution < -0.4 is 19.5 Å². The predicted molar refractivity (Wildman–Crippen MR) is 95.9 cm³/mol. The van der Waals surface area contributed by atoms with E-state index in [9.17, 15) is 4.79 Å². The number of rotatable bonds is 4. The summed E-state index contributed by atoms with van der Waals surface area (Å²) in [5.41, 5.74) is 2.37. The molecular formula is C20H19NO5. The second kappa shape index (κ2) is 6.29. The molecule has 4 rings (SSSR count). The van der Waals surface area contributed by atoms with Crippen LogP contribution in [0.15, 0.2) is 40.8 Å². The number of aryl methyl sites for hydroxylation is 1. The first-order chi connectivity index (χ1) is 12.6. The zero-order valence-corrected chi connectivity index (χ0v) is 14.8. The van der Waals surface area contributed by atoms with Crippen molar-refractivity contribution in [2.24, 2.45) is 0 Å². The van der Waals surface area contributed by atoms with Crippen LogP contribution in [0.1, 0.15) is 34.6 Å². The van der Waals surface area contributed by atoms with Crippen molar-refractivity contribution in [2.75, 3.05) is 13.9 Å². The number of amides is 1. The molecule has 134 valence electrons. The van der Waals surface area contributed by atoms with Crippen LogP contribution in [0.25, 0.3) is 11.0 Å². The maximum atomic E-state index is 12.7. The Bertz CT molecular complexity index is 991. The van der Waals surface area contributed by atoms with Crippen LogP contribution in [-0.4, -0.2) is 19.8 Å². The Morgan fingerprint density at radius 3 is 2.77 bits per heavy atom. The second-order valence-corrected chi connectivity index (χ2v) is 6.23. The van der Waals surface area contributed by atoms with Gasteiger partial charge in [0.1, 0.15) is 11.3 Å². The molecule has 0 bridgehead atoms. The average molecular weight is 353 g/mol. The molecule has 1 aromatic heterocycles. The minimum Gasteiger partial charge on any atom is -0.497 e. The topological polar surface area (TPSA) is 69.9 Å². The van der Waals surface area contributed by atoms with Crippen LogP contribution in [-0.2, 0) is 0 Å². The third-order valence-electron chi connectivity index (χ3n) is 4.59. The average Bonchev–Trinajstić information content (AvgIpc) is 3.25. The quantitative estimate of drug-likeness (QED) is 0.768. The van der Waals surface area contributed by atoms with Crippen molar-refractivity contribution in [1.29, 1.82) is 0 Å². The van der Waals surface area contributed by atoms with Crippen molar-refractivity contribution in [3.8, 4) is 17.2 Å². The molecular weight excluding hydrogens is 334 g/mol. The van der Waals surface area contributed by atoms with Gasteiger partial charge in [0.15, 0.2) is 17.3 Å². The monoisotopic (exact) mass is 353 g/mol. The van der Waals surface area contributed by atoms with E-state index in [0.717, 1.165) is 22.3 Å². The number of hydrogen-bond acceptors (Lipinski definition) is 5. The van der Waals surface area contributed by atoms with E-state index in [0.29, 0.717) is 22.8 Å². The highest BCUT2D eigenvalue weighted by atomic mass is 16.7. The Hall–Kier alpha value is -3.15. The van der Waals surface area contributed by atoms with Crippen LogP contribution >= 0.6 is 0 Å². The summed E-state index contributed by atoms with van der Waals surface area (Å²) in [6, 6.07) is 10.9. The van der Waals surface area contributed by atoms with E-state index in [4.69, 9.17) is 18.6 Å². The first-order valence-electron chi connectivity index (χ1n) is 8.34. The van der Waals surface area contributed by atoms with Crippen LogP contribution in [0.3, 0.4) is 0 Å². The Kier molecular flexibility index (Phi) is 3.95. The van der Waals surface area contributed by atoms with Gasteiger partial charge in [-0.3, -0.25) is 4.79 Å². The molecule has 0 spiro atoms. The lowest BCUT2D eigenvalue weighted by Crippen LogP contribution is -2.26. The van der Waals surface area contributed by atoms with Gasteiger partial charge in [0.2, 0.25) is 6.79 Å². The Morgan fingerprint density at radius 2 is 1.96 bits per heavy atom. The number of carbonyl (C=O) groups excluding carboxylic acids is 1. The fraction of sp³-hybridized carbons (Fsp3) is 0.250. The highest BCUT2D eigenvalue weighted by Crippen LogP contribution is 2.34. The summed E-state index contributed by atoms with van der Waals surface area (Å²) in [5.74, 6) is 2.18. The van der Waals surface area contributed by atoms with Gasteiger partial charge < -0.3 is 23.9 Å². The molecule has 6 nitrogen and oxygen atoms in total. The summed E-state index contributed by atoms with van der Waals surface area (Å²) in [4.78, 5) is 12.7.